The van der Waals surface area contributed by atoms with Crippen molar-refractivity contribution < 1.29 is 19.0 Å². The Labute approximate surface area is 105 Å². The third kappa shape index (κ3) is 6.17. The first-order valence-electron chi connectivity index (χ1n) is 5.67. The van der Waals surface area contributed by atoms with Crippen LogP contribution in [0.25, 0.3) is 0 Å². The highest BCUT2D eigenvalue weighted by molar-refractivity contribution is 5.73. The van der Waals surface area contributed by atoms with E-state index in [4.69, 9.17) is 9.84 Å². The molecule has 0 bridgehead atoms. The van der Waals surface area contributed by atoms with Gasteiger partial charge in [-0.1, -0.05) is 12.1 Å². The second kappa shape index (κ2) is 8.43. The standard InChI is InChI=1S/C12H17FN2O3/c13-11-3-1-10(2-4-11)9-15-12(17)14-5-7-18-8-6-16/h1-4,16H,5-9H2,(H2,14,15,17). The van der Waals surface area contributed by atoms with Crippen molar-refractivity contribution in [1.29, 1.82) is 0 Å². The van der Waals surface area contributed by atoms with Crippen LogP contribution >= 0.6 is 0 Å². The first-order chi connectivity index (χ1) is 8.72. The summed E-state index contributed by atoms with van der Waals surface area (Å²) in [5.74, 6) is -0.302. The second-order valence-corrected chi connectivity index (χ2v) is 3.57. The lowest BCUT2D eigenvalue weighted by Crippen LogP contribution is -2.37. The fourth-order valence-electron chi connectivity index (χ4n) is 1.25. The monoisotopic (exact) mass is 256 g/mol. The molecule has 0 unspecified atom stereocenters. The van der Waals surface area contributed by atoms with E-state index in [2.05, 4.69) is 10.6 Å². The summed E-state index contributed by atoms with van der Waals surface area (Å²) in [6, 6.07) is 5.60. The molecule has 100 valence electrons. The zero-order chi connectivity index (χ0) is 13.2. The molecule has 0 aromatic heterocycles. The predicted octanol–water partition coefficient (Wildman–Crippen LogP) is 0.634. The van der Waals surface area contributed by atoms with Gasteiger partial charge in [0.15, 0.2) is 0 Å². The molecule has 0 aliphatic heterocycles. The summed E-state index contributed by atoms with van der Waals surface area (Å²) in [5.41, 5.74) is 0.822. The van der Waals surface area contributed by atoms with E-state index in [1.54, 1.807) is 12.1 Å². The largest absolute Gasteiger partial charge is 0.394 e. The third-order valence-electron chi connectivity index (χ3n) is 2.13. The maximum Gasteiger partial charge on any atom is 0.315 e. The molecule has 0 saturated carbocycles. The van der Waals surface area contributed by atoms with Gasteiger partial charge in [0.1, 0.15) is 5.82 Å². The number of carbonyl (C=O) groups excluding carboxylic acids is 1. The highest BCUT2D eigenvalue weighted by Gasteiger charge is 1.99. The van der Waals surface area contributed by atoms with Crippen LogP contribution in [-0.4, -0.2) is 37.5 Å². The zero-order valence-electron chi connectivity index (χ0n) is 9.99. The number of halogens is 1. The topological polar surface area (TPSA) is 70.6 Å². The van der Waals surface area contributed by atoms with Crippen LogP contribution < -0.4 is 10.6 Å². The molecule has 0 aliphatic rings. The third-order valence-corrected chi connectivity index (χ3v) is 2.13. The molecule has 1 aromatic carbocycles. The Morgan fingerprint density at radius 3 is 2.61 bits per heavy atom. The molecule has 5 nitrogen and oxygen atoms in total. The Balaban J connectivity index is 2.11. The first kappa shape index (κ1) is 14.4. The summed E-state index contributed by atoms with van der Waals surface area (Å²) in [4.78, 5) is 11.3. The smallest absolute Gasteiger partial charge is 0.315 e. The van der Waals surface area contributed by atoms with Crippen molar-refractivity contribution in [2.75, 3.05) is 26.4 Å². The quantitative estimate of drug-likeness (QED) is 0.627. The highest BCUT2D eigenvalue weighted by atomic mass is 19.1. The van der Waals surface area contributed by atoms with Gasteiger partial charge < -0.3 is 20.5 Å². The van der Waals surface area contributed by atoms with E-state index >= 15 is 0 Å². The fourth-order valence-corrected chi connectivity index (χ4v) is 1.25. The van der Waals surface area contributed by atoms with Gasteiger partial charge in [-0.05, 0) is 17.7 Å². The van der Waals surface area contributed by atoms with E-state index in [9.17, 15) is 9.18 Å². The number of hydrogen-bond acceptors (Lipinski definition) is 3. The number of carbonyl (C=O) groups is 1. The average molecular weight is 256 g/mol. The zero-order valence-corrected chi connectivity index (χ0v) is 9.99. The van der Waals surface area contributed by atoms with E-state index in [0.717, 1.165) is 5.56 Å². The number of amides is 2. The molecule has 0 aliphatic carbocycles. The van der Waals surface area contributed by atoms with Gasteiger partial charge in [0, 0.05) is 13.1 Å². The number of hydrogen-bond donors (Lipinski definition) is 3. The van der Waals surface area contributed by atoms with Crippen molar-refractivity contribution in [2.45, 2.75) is 6.54 Å². The Morgan fingerprint density at radius 2 is 1.94 bits per heavy atom. The molecule has 0 atom stereocenters. The summed E-state index contributed by atoms with van der Waals surface area (Å²) in [6.07, 6.45) is 0. The van der Waals surface area contributed by atoms with E-state index < -0.39 is 0 Å². The van der Waals surface area contributed by atoms with Gasteiger partial charge >= 0.3 is 6.03 Å². The minimum Gasteiger partial charge on any atom is -0.394 e. The van der Waals surface area contributed by atoms with Crippen LogP contribution in [0.2, 0.25) is 0 Å². The van der Waals surface area contributed by atoms with Crippen molar-refractivity contribution in [1.82, 2.24) is 10.6 Å². The summed E-state index contributed by atoms with van der Waals surface area (Å²) < 4.78 is 17.6. The molecule has 3 N–H and O–H groups in total. The molecular formula is C12H17FN2O3. The maximum absolute atomic E-state index is 12.6. The van der Waals surface area contributed by atoms with E-state index in [1.807, 2.05) is 0 Å². The molecule has 0 spiro atoms. The maximum atomic E-state index is 12.6. The minimum atomic E-state index is -0.313. The number of rotatable bonds is 7. The molecule has 0 heterocycles. The van der Waals surface area contributed by atoms with Gasteiger partial charge in [0.2, 0.25) is 0 Å². The van der Waals surface area contributed by atoms with Crippen molar-refractivity contribution in [2.24, 2.45) is 0 Å². The molecular weight excluding hydrogens is 239 g/mol. The highest BCUT2D eigenvalue weighted by Crippen LogP contribution is 2.01. The van der Waals surface area contributed by atoms with Crippen LogP contribution in [0.3, 0.4) is 0 Å². The first-order valence-corrected chi connectivity index (χ1v) is 5.67. The SMILES string of the molecule is O=C(NCCOCCO)NCc1ccc(F)cc1. The molecule has 2 amide bonds. The number of ether oxygens (including phenoxy) is 1. The molecule has 0 saturated heterocycles. The van der Waals surface area contributed by atoms with Crippen molar-refractivity contribution in [3.63, 3.8) is 0 Å². The van der Waals surface area contributed by atoms with Gasteiger partial charge in [0.25, 0.3) is 0 Å². The minimum absolute atomic E-state index is 0.0310. The number of urea groups is 1. The van der Waals surface area contributed by atoms with Gasteiger partial charge in [0.05, 0.1) is 19.8 Å². The lowest BCUT2D eigenvalue weighted by Gasteiger charge is -2.07. The Hall–Kier alpha value is -1.66. The molecule has 6 heteroatoms. The van der Waals surface area contributed by atoms with Crippen molar-refractivity contribution >= 4 is 6.03 Å². The molecule has 0 radical (unpaired) electrons. The molecule has 0 fully saturated rings. The average Bonchev–Trinajstić information content (AvgIpc) is 2.38. The molecule has 1 aromatic rings. The van der Waals surface area contributed by atoms with Crippen LogP contribution in [0.5, 0.6) is 0 Å². The summed E-state index contributed by atoms with van der Waals surface area (Å²) in [7, 11) is 0. The van der Waals surface area contributed by atoms with E-state index in [0.29, 0.717) is 19.7 Å². The van der Waals surface area contributed by atoms with Crippen molar-refractivity contribution in [3.05, 3.63) is 35.6 Å². The van der Waals surface area contributed by atoms with Gasteiger partial charge in [-0.15, -0.1) is 0 Å². The summed E-state index contributed by atoms with van der Waals surface area (Å²) in [6.45, 7) is 1.29. The van der Waals surface area contributed by atoms with Crippen LogP contribution in [-0.2, 0) is 11.3 Å². The predicted molar refractivity (Wildman–Crippen MR) is 64.5 cm³/mol. The number of benzene rings is 1. The lowest BCUT2D eigenvalue weighted by atomic mass is 10.2. The van der Waals surface area contributed by atoms with E-state index in [1.165, 1.54) is 12.1 Å². The van der Waals surface area contributed by atoms with Crippen LogP contribution in [0.1, 0.15) is 5.56 Å². The van der Waals surface area contributed by atoms with E-state index in [-0.39, 0.29) is 25.1 Å². The van der Waals surface area contributed by atoms with Gasteiger partial charge in [-0.25, -0.2) is 9.18 Å². The normalized spacial score (nSPS) is 10.1. The number of aliphatic hydroxyl groups is 1. The van der Waals surface area contributed by atoms with Crippen LogP contribution in [0, 0.1) is 5.82 Å². The Morgan fingerprint density at radius 1 is 1.22 bits per heavy atom. The van der Waals surface area contributed by atoms with Gasteiger partial charge in [-0.3, -0.25) is 0 Å². The second-order valence-electron chi connectivity index (χ2n) is 3.57. The number of nitrogens with one attached hydrogen (secondary N) is 2. The fraction of sp³-hybridized carbons (Fsp3) is 0.417. The molecule has 1 rings (SSSR count). The summed E-state index contributed by atoms with van der Waals surface area (Å²) >= 11 is 0. The number of aliphatic hydroxyl groups excluding tert-OH is 1. The Bertz CT molecular complexity index is 357. The van der Waals surface area contributed by atoms with Crippen LogP contribution in [0.4, 0.5) is 9.18 Å². The summed E-state index contributed by atoms with van der Waals surface area (Å²) in [5, 5.41) is 13.7. The molecule has 18 heavy (non-hydrogen) atoms. The Kier molecular flexibility index (Phi) is 6.75. The van der Waals surface area contributed by atoms with Crippen LogP contribution in [0.15, 0.2) is 24.3 Å². The van der Waals surface area contributed by atoms with Crippen molar-refractivity contribution in [3.8, 4) is 0 Å². The lowest BCUT2D eigenvalue weighted by molar-refractivity contribution is 0.0947. The van der Waals surface area contributed by atoms with Gasteiger partial charge in [-0.2, -0.15) is 0 Å².